The van der Waals surface area contributed by atoms with Gasteiger partial charge in [0, 0.05) is 23.4 Å². The van der Waals surface area contributed by atoms with Gasteiger partial charge in [-0.25, -0.2) is 8.42 Å². The Morgan fingerprint density at radius 2 is 1.95 bits per heavy atom. The van der Waals surface area contributed by atoms with Gasteiger partial charge in [0.05, 0.1) is 4.90 Å². The number of benzene rings is 1. The summed E-state index contributed by atoms with van der Waals surface area (Å²) in [6, 6.07) is 7.79. The van der Waals surface area contributed by atoms with E-state index in [0.717, 1.165) is 5.56 Å². The molecule has 0 spiro atoms. The number of hydrogen-bond acceptors (Lipinski definition) is 4. The first-order valence-electron chi connectivity index (χ1n) is 5.78. The highest BCUT2D eigenvalue weighted by molar-refractivity contribution is 8.13. The van der Waals surface area contributed by atoms with E-state index in [9.17, 15) is 13.2 Å². The highest BCUT2D eigenvalue weighted by Gasteiger charge is 2.09. The Morgan fingerprint density at radius 1 is 1.25 bits per heavy atom. The number of H-pyrrole nitrogens is 1. The first-order valence-corrected chi connectivity index (χ1v) is 8.09. The molecule has 1 amide bonds. The van der Waals surface area contributed by atoms with Gasteiger partial charge in [0.25, 0.3) is 15.0 Å². The predicted molar refractivity (Wildman–Crippen MR) is 74.1 cm³/mol. The second-order valence-electron chi connectivity index (χ2n) is 4.06. The molecule has 0 radical (unpaired) electrons. The molecule has 0 unspecified atom stereocenters. The van der Waals surface area contributed by atoms with Gasteiger partial charge in [-0.3, -0.25) is 9.89 Å². The van der Waals surface area contributed by atoms with E-state index in [0.29, 0.717) is 18.7 Å². The summed E-state index contributed by atoms with van der Waals surface area (Å²) in [5.41, 5.74) is 1.30. The fourth-order valence-electron chi connectivity index (χ4n) is 1.62. The minimum atomic E-state index is -3.69. The van der Waals surface area contributed by atoms with Crippen LogP contribution < -0.4 is 5.32 Å². The smallest absolute Gasteiger partial charge is 0.269 e. The molecule has 1 aromatic heterocycles. The number of amides is 1. The van der Waals surface area contributed by atoms with Gasteiger partial charge in [0.1, 0.15) is 5.69 Å². The van der Waals surface area contributed by atoms with Crippen LogP contribution in [0.15, 0.2) is 41.4 Å². The molecule has 0 atom stereocenters. The summed E-state index contributed by atoms with van der Waals surface area (Å²) in [6.45, 7) is 0.435. The molecule has 2 rings (SSSR count). The van der Waals surface area contributed by atoms with Crippen LogP contribution in [0.1, 0.15) is 16.1 Å². The molecule has 1 aromatic carbocycles. The van der Waals surface area contributed by atoms with E-state index in [2.05, 4.69) is 15.5 Å². The van der Waals surface area contributed by atoms with Crippen molar-refractivity contribution in [3.8, 4) is 0 Å². The number of carbonyl (C=O) groups excluding carboxylic acids is 1. The number of rotatable bonds is 5. The largest absolute Gasteiger partial charge is 0.350 e. The second kappa shape index (κ2) is 6.06. The van der Waals surface area contributed by atoms with Crippen LogP contribution in [0.3, 0.4) is 0 Å². The summed E-state index contributed by atoms with van der Waals surface area (Å²) >= 11 is 0. The Balaban J connectivity index is 1.87. The van der Waals surface area contributed by atoms with E-state index in [1.54, 1.807) is 18.2 Å². The molecule has 0 saturated heterocycles. The molecule has 0 fully saturated rings. The van der Waals surface area contributed by atoms with Crippen molar-refractivity contribution in [1.82, 2.24) is 15.5 Å². The van der Waals surface area contributed by atoms with Gasteiger partial charge in [-0.05, 0) is 30.2 Å². The summed E-state index contributed by atoms with van der Waals surface area (Å²) in [5.74, 6) is -0.234. The van der Waals surface area contributed by atoms with Crippen LogP contribution in [0.2, 0.25) is 0 Å². The molecule has 0 bridgehead atoms. The molecule has 8 heteroatoms. The molecule has 2 aromatic rings. The van der Waals surface area contributed by atoms with Gasteiger partial charge in [-0.1, -0.05) is 12.1 Å². The number of halogens is 1. The van der Waals surface area contributed by atoms with Crippen LogP contribution in [0.5, 0.6) is 0 Å². The van der Waals surface area contributed by atoms with Gasteiger partial charge in [-0.2, -0.15) is 5.10 Å². The van der Waals surface area contributed by atoms with E-state index in [4.69, 9.17) is 10.7 Å². The minimum Gasteiger partial charge on any atom is -0.350 e. The van der Waals surface area contributed by atoms with Gasteiger partial charge in [0.2, 0.25) is 0 Å². The monoisotopic (exact) mass is 313 g/mol. The normalized spacial score (nSPS) is 11.2. The zero-order valence-electron chi connectivity index (χ0n) is 10.3. The summed E-state index contributed by atoms with van der Waals surface area (Å²) in [5, 5.41) is 8.98. The van der Waals surface area contributed by atoms with Crippen LogP contribution in [0.25, 0.3) is 0 Å². The molecule has 106 valence electrons. The maximum Gasteiger partial charge on any atom is 0.269 e. The van der Waals surface area contributed by atoms with Crippen molar-refractivity contribution in [1.29, 1.82) is 0 Å². The predicted octanol–water partition coefficient (Wildman–Crippen LogP) is 1.31. The highest BCUT2D eigenvalue weighted by Crippen LogP contribution is 2.15. The topological polar surface area (TPSA) is 91.9 Å². The molecule has 0 aliphatic rings. The van der Waals surface area contributed by atoms with Crippen LogP contribution in [-0.4, -0.2) is 31.1 Å². The number of carbonyl (C=O) groups is 1. The summed E-state index contributed by atoms with van der Waals surface area (Å²) in [4.78, 5) is 11.7. The maximum absolute atomic E-state index is 11.6. The van der Waals surface area contributed by atoms with Crippen molar-refractivity contribution in [3.63, 3.8) is 0 Å². The van der Waals surface area contributed by atoms with Crippen molar-refractivity contribution in [2.24, 2.45) is 0 Å². The molecule has 0 aliphatic carbocycles. The Kier molecular flexibility index (Phi) is 4.41. The second-order valence-corrected chi connectivity index (χ2v) is 6.62. The minimum absolute atomic E-state index is 0.0596. The van der Waals surface area contributed by atoms with E-state index in [1.807, 2.05) is 0 Å². The number of nitrogens with zero attached hydrogens (tertiary/aromatic N) is 1. The lowest BCUT2D eigenvalue weighted by atomic mass is 10.1. The fourth-order valence-corrected chi connectivity index (χ4v) is 2.39. The number of aromatic amines is 1. The average molecular weight is 314 g/mol. The van der Waals surface area contributed by atoms with Crippen molar-refractivity contribution in [3.05, 3.63) is 47.8 Å². The number of nitrogens with one attached hydrogen (secondary N) is 2. The van der Waals surface area contributed by atoms with Crippen molar-refractivity contribution in [2.45, 2.75) is 11.3 Å². The third-order valence-electron chi connectivity index (χ3n) is 2.65. The zero-order chi connectivity index (χ0) is 14.6. The van der Waals surface area contributed by atoms with Gasteiger partial charge in [-0.15, -0.1) is 0 Å². The first kappa shape index (κ1) is 14.5. The van der Waals surface area contributed by atoms with E-state index >= 15 is 0 Å². The molecule has 2 N–H and O–H groups in total. The average Bonchev–Trinajstić information content (AvgIpc) is 2.92. The Bertz CT molecular complexity index is 681. The van der Waals surface area contributed by atoms with E-state index in [1.165, 1.54) is 18.3 Å². The summed E-state index contributed by atoms with van der Waals surface area (Å²) in [6.07, 6.45) is 2.09. The summed E-state index contributed by atoms with van der Waals surface area (Å²) in [7, 11) is 1.53. The Morgan fingerprint density at radius 3 is 2.50 bits per heavy atom. The molecular formula is C12H12ClN3O3S. The van der Waals surface area contributed by atoms with E-state index in [-0.39, 0.29) is 10.8 Å². The van der Waals surface area contributed by atoms with Crippen molar-refractivity contribution in [2.75, 3.05) is 6.54 Å². The maximum atomic E-state index is 11.6. The van der Waals surface area contributed by atoms with Crippen molar-refractivity contribution >= 4 is 25.6 Å². The van der Waals surface area contributed by atoms with E-state index < -0.39 is 9.05 Å². The summed E-state index contributed by atoms with van der Waals surface area (Å²) < 4.78 is 22.2. The molecular weight excluding hydrogens is 302 g/mol. The third-order valence-corrected chi connectivity index (χ3v) is 4.02. The lowest BCUT2D eigenvalue weighted by Crippen LogP contribution is -2.26. The lowest BCUT2D eigenvalue weighted by molar-refractivity contribution is 0.0949. The first-order chi connectivity index (χ1) is 9.47. The molecule has 1 heterocycles. The zero-order valence-corrected chi connectivity index (χ0v) is 11.9. The van der Waals surface area contributed by atoms with Gasteiger partial charge < -0.3 is 5.32 Å². The van der Waals surface area contributed by atoms with Crippen molar-refractivity contribution < 1.29 is 13.2 Å². The number of hydrogen-bond donors (Lipinski definition) is 2. The van der Waals surface area contributed by atoms with Gasteiger partial charge >= 0.3 is 0 Å². The van der Waals surface area contributed by atoms with Crippen LogP contribution in [0, 0.1) is 0 Å². The quantitative estimate of drug-likeness (QED) is 0.814. The Hall–Kier alpha value is -1.86. The molecule has 20 heavy (non-hydrogen) atoms. The molecule has 6 nitrogen and oxygen atoms in total. The fraction of sp³-hybridized carbons (Fsp3) is 0.167. The molecule has 0 aliphatic heterocycles. The number of aromatic nitrogens is 2. The van der Waals surface area contributed by atoms with Crippen LogP contribution in [-0.2, 0) is 15.5 Å². The Labute approximate surface area is 120 Å². The van der Waals surface area contributed by atoms with Crippen LogP contribution in [0.4, 0.5) is 0 Å². The standard InChI is InChI=1S/C12H12ClN3O3S/c13-20(18,19)10-3-1-9(2-4-10)5-7-14-12(17)11-6-8-15-16-11/h1-4,6,8H,5,7H2,(H,14,17)(H,15,16). The van der Waals surface area contributed by atoms with Crippen LogP contribution >= 0.6 is 10.7 Å². The highest BCUT2D eigenvalue weighted by atomic mass is 35.7. The van der Waals surface area contributed by atoms with Gasteiger partial charge in [0.15, 0.2) is 0 Å². The third kappa shape index (κ3) is 3.82. The SMILES string of the molecule is O=C(NCCc1ccc(S(=O)(=O)Cl)cc1)c1ccn[nH]1. The molecule has 0 saturated carbocycles. The lowest BCUT2D eigenvalue weighted by Gasteiger charge is -2.04.